The van der Waals surface area contributed by atoms with Crippen LogP contribution >= 0.6 is 0 Å². The lowest BCUT2D eigenvalue weighted by Gasteiger charge is -2.47. The van der Waals surface area contributed by atoms with Crippen molar-refractivity contribution in [3.63, 3.8) is 0 Å². The molecule has 13 nitrogen and oxygen atoms in total. The summed E-state index contributed by atoms with van der Waals surface area (Å²) in [5, 5.41) is 22.2. The molecule has 3 aromatic rings. The van der Waals surface area contributed by atoms with Gasteiger partial charge in [0.15, 0.2) is 35.6 Å². The maximum absolute atomic E-state index is 13.7. The van der Waals surface area contributed by atoms with Crippen molar-refractivity contribution < 1.29 is 66.5 Å². The first-order valence-electron chi connectivity index (χ1n) is 17.6. The minimum atomic E-state index is -2.85. The van der Waals surface area contributed by atoms with Gasteiger partial charge in [0.2, 0.25) is 12.5 Å². The molecule has 260 valence electrons. The molecule has 3 aromatic carbocycles. The molecule has 13 heteroatoms. The van der Waals surface area contributed by atoms with E-state index in [0.29, 0.717) is 28.2 Å². The Morgan fingerprint density at radius 3 is 2.43 bits per heavy atom. The highest BCUT2D eigenvalue weighted by Crippen LogP contribution is 2.57. The Morgan fingerprint density at radius 2 is 1.67 bits per heavy atom. The summed E-state index contributed by atoms with van der Waals surface area (Å²) in [6, 6.07) is 16.1. The molecule has 0 bridgehead atoms. The standard InChI is InChI=1S/C36H38O13/c1-17-42-15-27-34(47-17)30(37)31(38)36(48-27)49-32-21-12-24-23(45-16-46-24)11-20(21)28(29-22(32)14-44-35(29)39)19-9-25(40-2)33(26(10-19)41-3)43-13-18-7-5-4-6-8-18/h4-12,17,22,27-32,34,36-38H,13-16H2,1-3H3/t17-,22?,27-,28-,29+,30-,31+,32?,34-,36+/m1/s1/i2D3. The summed E-state index contributed by atoms with van der Waals surface area (Å²) in [4.78, 5) is 13.7. The lowest BCUT2D eigenvalue weighted by molar-refractivity contribution is -0.364. The summed E-state index contributed by atoms with van der Waals surface area (Å²) in [7, 11) is -1.43. The molecule has 0 spiro atoms. The Hall–Kier alpha value is -4.11. The minimum Gasteiger partial charge on any atom is -0.493 e. The third-order valence-corrected chi connectivity index (χ3v) is 9.84. The van der Waals surface area contributed by atoms with Crippen molar-refractivity contribution >= 4 is 5.97 Å². The van der Waals surface area contributed by atoms with E-state index in [4.69, 9.17) is 51.5 Å². The molecule has 2 N–H and O–H groups in total. The third-order valence-electron chi connectivity index (χ3n) is 9.84. The number of ether oxygens (including phenoxy) is 10. The molecular weight excluding hydrogens is 640 g/mol. The quantitative estimate of drug-likeness (QED) is 0.336. The number of hydrogen-bond acceptors (Lipinski definition) is 13. The molecule has 8 rings (SSSR count). The molecule has 5 aliphatic rings. The highest BCUT2D eigenvalue weighted by atomic mass is 16.8. The molecule has 0 aromatic heterocycles. The topological polar surface area (TPSA) is 150 Å². The molecule has 0 radical (unpaired) electrons. The number of esters is 1. The highest BCUT2D eigenvalue weighted by molar-refractivity contribution is 5.79. The fourth-order valence-corrected chi connectivity index (χ4v) is 7.52. The normalized spacial score (nSPS) is 34.0. The van der Waals surface area contributed by atoms with E-state index in [1.54, 1.807) is 25.1 Å². The number of fused-ring (bicyclic) bond motifs is 4. The van der Waals surface area contributed by atoms with Gasteiger partial charge in [-0.1, -0.05) is 30.3 Å². The van der Waals surface area contributed by atoms with Gasteiger partial charge in [-0.25, -0.2) is 0 Å². The monoisotopic (exact) mass is 681 g/mol. The maximum atomic E-state index is 13.7. The largest absolute Gasteiger partial charge is 0.493 e. The van der Waals surface area contributed by atoms with Crippen LogP contribution in [0.1, 0.15) is 45.3 Å². The van der Waals surface area contributed by atoms with Crippen LogP contribution in [-0.2, 0) is 35.1 Å². The highest BCUT2D eigenvalue weighted by Gasteiger charge is 2.56. The van der Waals surface area contributed by atoms with Gasteiger partial charge in [-0.2, -0.15) is 0 Å². The van der Waals surface area contributed by atoms with Crippen LogP contribution in [-0.4, -0.2) is 87.3 Å². The Balaban J connectivity index is 1.21. The van der Waals surface area contributed by atoms with Crippen LogP contribution in [0, 0.1) is 11.8 Å². The zero-order valence-corrected chi connectivity index (χ0v) is 26.7. The first kappa shape index (κ1) is 28.7. The van der Waals surface area contributed by atoms with E-state index < -0.39 is 73.9 Å². The first-order chi connectivity index (χ1) is 25.0. The fourth-order valence-electron chi connectivity index (χ4n) is 7.52. The number of carbonyl (C=O) groups excluding carboxylic acids is 1. The van der Waals surface area contributed by atoms with Crippen molar-refractivity contribution in [2.45, 2.75) is 62.5 Å². The number of aliphatic hydroxyl groups is 2. The van der Waals surface area contributed by atoms with Crippen molar-refractivity contribution in [1.29, 1.82) is 0 Å². The fraction of sp³-hybridized carbons (Fsp3) is 0.472. The number of hydrogen-bond donors (Lipinski definition) is 2. The van der Waals surface area contributed by atoms with Crippen molar-refractivity contribution in [3.8, 4) is 28.7 Å². The number of benzene rings is 3. The van der Waals surface area contributed by atoms with Gasteiger partial charge < -0.3 is 57.6 Å². The average Bonchev–Trinajstić information content (AvgIpc) is 3.75. The zero-order valence-electron chi connectivity index (χ0n) is 29.7. The van der Waals surface area contributed by atoms with Crippen molar-refractivity contribution in [2.75, 3.05) is 34.2 Å². The summed E-state index contributed by atoms with van der Waals surface area (Å²) >= 11 is 0. The van der Waals surface area contributed by atoms with Crippen LogP contribution in [0.5, 0.6) is 28.7 Å². The Bertz CT molecular complexity index is 1800. The zero-order chi connectivity index (χ0) is 36.3. The van der Waals surface area contributed by atoms with E-state index in [-0.39, 0.29) is 43.9 Å². The van der Waals surface area contributed by atoms with Gasteiger partial charge in [-0.15, -0.1) is 0 Å². The van der Waals surface area contributed by atoms with Crippen LogP contribution < -0.4 is 23.7 Å². The van der Waals surface area contributed by atoms with Gasteiger partial charge >= 0.3 is 5.97 Å². The second-order valence-corrected chi connectivity index (χ2v) is 12.6. The lowest BCUT2D eigenvalue weighted by Crippen LogP contribution is -2.63. The number of aliphatic hydroxyl groups excluding tert-OH is 2. The molecule has 3 fully saturated rings. The SMILES string of the molecule is [2H]C([2H])([2H])Oc1cc([C@@H]2c3cc4c(cc3C(O[C@@H]3O[C@@H]5CO[C@@H](C)O[C@H]5[C@H](O)[C@@H]3O)C3COC(=O)[C@@H]32)OCO4)cc(OC)c1OCc1ccccc1. The van der Waals surface area contributed by atoms with Gasteiger partial charge in [0, 0.05) is 11.8 Å². The molecule has 3 saturated heterocycles. The molecule has 4 heterocycles. The molecule has 10 atom stereocenters. The van der Waals surface area contributed by atoms with Crippen molar-refractivity contribution in [3.05, 3.63) is 76.9 Å². The van der Waals surface area contributed by atoms with Crippen molar-refractivity contribution in [2.24, 2.45) is 11.8 Å². The Labute approximate surface area is 286 Å². The Kier molecular flexibility index (Phi) is 7.60. The summed E-state index contributed by atoms with van der Waals surface area (Å²) < 4.78 is 82.2. The van der Waals surface area contributed by atoms with E-state index in [2.05, 4.69) is 0 Å². The van der Waals surface area contributed by atoms with E-state index in [0.717, 1.165) is 5.56 Å². The summed E-state index contributed by atoms with van der Waals surface area (Å²) in [5.41, 5.74) is 2.50. The van der Waals surface area contributed by atoms with E-state index >= 15 is 0 Å². The number of rotatable bonds is 8. The molecule has 2 unspecified atom stereocenters. The van der Waals surface area contributed by atoms with Gasteiger partial charge in [-0.05, 0) is 53.4 Å². The van der Waals surface area contributed by atoms with Gasteiger partial charge in [-0.3, -0.25) is 4.79 Å². The van der Waals surface area contributed by atoms with E-state index in [1.165, 1.54) is 13.2 Å². The van der Waals surface area contributed by atoms with Crippen LogP contribution in [0.2, 0.25) is 0 Å². The smallest absolute Gasteiger partial charge is 0.310 e. The molecule has 0 amide bonds. The predicted molar refractivity (Wildman–Crippen MR) is 167 cm³/mol. The molecule has 0 saturated carbocycles. The van der Waals surface area contributed by atoms with E-state index in [9.17, 15) is 15.0 Å². The first-order valence-corrected chi connectivity index (χ1v) is 16.1. The predicted octanol–water partition coefficient (Wildman–Crippen LogP) is 3.21. The van der Waals surface area contributed by atoms with E-state index in [1.807, 2.05) is 30.3 Å². The molecule has 49 heavy (non-hydrogen) atoms. The lowest BCUT2D eigenvalue weighted by atomic mass is 9.66. The summed E-state index contributed by atoms with van der Waals surface area (Å²) in [5.74, 6) is -1.72. The summed E-state index contributed by atoms with van der Waals surface area (Å²) in [6.45, 7) is 1.84. The van der Waals surface area contributed by atoms with Gasteiger partial charge in [0.25, 0.3) is 0 Å². The number of carbonyl (C=O) groups is 1. The second kappa shape index (κ2) is 13.0. The molecule has 4 aliphatic heterocycles. The number of methoxy groups -OCH3 is 2. The molecular formula is C36H38O13. The van der Waals surface area contributed by atoms with Gasteiger partial charge in [0.05, 0.1) is 43.5 Å². The molecule has 1 aliphatic carbocycles. The minimum absolute atomic E-state index is 0.0285. The Morgan fingerprint density at radius 1 is 0.918 bits per heavy atom. The van der Waals surface area contributed by atoms with Gasteiger partial charge in [0.1, 0.15) is 31.0 Å². The maximum Gasteiger partial charge on any atom is 0.310 e. The number of cyclic esters (lactones) is 1. The van der Waals surface area contributed by atoms with Crippen LogP contribution in [0.3, 0.4) is 0 Å². The van der Waals surface area contributed by atoms with Crippen LogP contribution in [0.25, 0.3) is 0 Å². The van der Waals surface area contributed by atoms with Crippen LogP contribution in [0.4, 0.5) is 0 Å². The average molecular weight is 682 g/mol. The third kappa shape index (κ3) is 5.64. The summed E-state index contributed by atoms with van der Waals surface area (Å²) in [6.07, 6.45) is -7.20. The van der Waals surface area contributed by atoms with Crippen molar-refractivity contribution in [1.82, 2.24) is 0 Å². The second-order valence-electron chi connectivity index (χ2n) is 12.6. The van der Waals surface area contributed by atoms with Crippen LogP contribution in [0.15, 0.2) is 54.6 Å².